The van der Waals surface area contributed by atoms with E-state index in [0.29, 0.717) is 51.6 Å². The predicted octanol–water partition coefficient (Wildman–Crippen LogP) is 6.37. The molecule has 0 spiro atoms. The Balaban J connectivity index is 1.80. The van der Waals surface area contributed by atoms with E-state index in [1.165, 1.54) is 11.8 Å². The zero-order chi connectivity index (χ0) is 26.5. The fraction of sp³-hybridized carbons (Fsp3) is 0.370. The lowest BCUT2D eigenvalue weighted by Gasteiger charge is -2.29. The lowest BCUT2D eigenvalue weighted by molar-refractivity contribution is -0.143. The minimum Gasteiger partial charge on any atom is -0.490 e. The van der Waals surface area contributed by atoms with E-state index in [1.807, 2.05) is 77.1 Å². The highest BCUT2D eigenvalue weighted by molar-refractivity contribution is 9.10. The molecule has 1 atom stereocenters. The number of rotatable bonds is 10. The number of halogens is 1. The molecular weight excluding hydrogens is 556 g/mol. The van der Waals surface area contributed by atoms with Gasteiger partial charge in [-0.3, -0.25) is 0 Å². The molecule has 1 aromatic heterocycles. The van der Waals surface area contributed by atoms with Gasteiger partial charge < -0.3 is 19.5 Å². The molecule has 3 aromatic rings. The Bertz CT molecular complexity index is 1290. The van der Waals surface area contributed by atoms with Gasteiger partial charge in [-0.2, -0.15) is 4.98 Å². The maximum atomic E-state index is 13.3. The summed E-state index contributed by atoms with van der Waals surface area (Å²) in [6, 6.07) is 13.2. The molecule has 8 nitrogen and oxygen atoms in total. The van der Waals surface area contributed by atoms with Crippen molar-refractivity contribution in [2.75, 3.05) is 17.7 Å². The second-order valence-electron chi connectivity index (χ2n) is 8.65. The van der Waals surface area contributed by atoms with E-state index in [0.717, 1.165) is 16.9 Å². The van der Waals surface area contributed by atoms with Crippen LogP contribution in [0.25, 0.3) is 0 Å². The van der Waals surface area contributed by atoms with Gasteiger partial charge in [0.15, 0.2) is 11.5 Å². The van der Waals surface area contributed by atoms with Crippen molar-refractivity contribution in [1.29, 1.82) is 0 Å². The van der Waals surface area contributed by atoms with Crippen LogP contribution >= 0.6 is 27.7 Å². The molecule has 0 saturated carbocycles. The Hall–Kier alpha value is -2.98. The molecule has 0 saturated heterocycles. The number of hydrogen-bond acceptors (Lipinski definition) is 8. The second-order valence-corrected chi connectivity index (χ2v) is 10.7. The summed E-state index contributed by atoms with van der Waals surface area (Å²) >= 11 is 5.23. The maximum absolute atomic E-state index is 13.3. The molecule has 37 heavy (non-hydrogen) atoms. The minimum absolute atomic E-state index is 0.267. The Morgan fingerprint density at radius 3 is 2.62 bits per heavy atom. The summed E-state index contributed by atoms with van der Waals surface area (Å²) in [5.74, 6) is 2.15. The number of ether oxygens (including phenoxy) is 3. The topological polar surface area (TPSA) is 87.5 Å². The molecule has 2 aromatic carbocycles. The lowest BCUT2D eigenvalue weighted by Crippen LogP contribution is -2.30. The molecule has 10 heteroatoms. The van der Waals surface area contributed by atoms with Gasteiger partial charge in [-0.05, 0) is 72.6 Å². The predicted molar refractivity (Wildman–Crippen MR) is 148 cm³/mol. The molecule has 1 aliphatic rings. The molecule has 1 aliphatic heterocycles. The van der Waals surface area contributed by atoms with E-state index < -0.39 is 12.0 Å². The molecule has 2 heterocycles. The highest BCUT2D eigenvalue weighted by Crippen LogP contribution is 2.43. The van der Waals surface area contributed by atoms with Gasteiger partial charge in [-0.25, -0.2) is 9.48 Å². The Morgan fingerprint density at radius 2 is 1.95 bits per heavy atom. The molecule has 0 fully saturated rings. The summed E-state index contributed by atoms with van der Waals surface area (Å²) in [5.41, 5.74) is 2.97. The summed E-state index contributed by atoms with van der Waals surface area (Å²) in [6.45, 7) is 10.3. The Kier molecular flexibility index (Phi) is 8.81. The van der Waals surface area contributed by atoms with Gasteiger partial charge in [0.1, 0.15) is 12.6 Å². The number of carbonyl (C=O) groups is 1. The average Bonchev–Trinajstić information content (AvgIpc) is 3.25. The fourth-order valence-electron chi connectivity index (χ4n) is 4.05. The number of nitrogens with one attached hydrogen (secondary N) is 1. The van der Waals surface area contributed by atoms with Crippen LogP contribution in [0.5, 0.6) is 11.5 Å². The van der Waals surface area contributed by atoms with Crippen molar-refractivity contribution in [3.63, 3.8) is 0 Å². The Morgan fingerprint density at radius 1 is 1.19 bits per heavy atom. The van der Waals surface area contributed by atoms with Crippen molar-refractivity contribution >= 4 is 39.6 Å². The quantitative estimate of drug-likeness (QED) is 0.216. The van der Waals surface area contributed by atoms with Crippen LogP contribution in [0.15, 0.2) is 63.4 Å². The van der Waals surface area contributed by atoms with Crippen LogP contribution in [0.4, 0.5) is 5.95 Å². The third-order valence-corrected chi connectivity index (χ3v) is 6.85. The third-order valence-electron chi connectivity index (χ3n) is 5.54. The first-order valence-corrected chi connectivity index (χ1v) is 14.0. The minimum atomic E-state index is -0.570. The fourth-order valence-corrected chi connectivity index (χ4v) is 5.18. The molecule has 1 unspecified atom stereocenters. The second kappa shape index (κ2) is 12.0. The van der Waals surface area contributed by atoms with Crippen LogP contribution in [0.2, 0.25) is 0 Å². The third kappa shape index (κ3) is 6.13. The number of benzene rings is 2. The molecule has 196 valence electrons. The highest BCUT2D eigenvalue weighted by atomic mass is 79.9. The molecule has 0 radical (unpaired) electrons. The average molecular weight is 588 g/mol. The molecule has 1 N–H and O–H groups in total. The van der Waals surface area contributed by atoms with E-state index in [2.05, 4.69) is 26.2 Å². The van der Waals surface area contributed by atoms with Crippen LogP contribution in [0.3, 0.4) is 0 Å². The standard InChI is InChI=1S/C27H31BrN4O4S/c1-6-34-21-14-19(13-20(28)24(21)35-15-18-11-9-8-10-12-18)23-22(25(33)36-16(3)4)17(5)29-26-30-27(37-7-2)31-32(23)26/h8-14,16,23H,6-7,15H2,1-5H3,(H,29,30,31). The lowest BCUT2D eigenvalue weighted by atomic mass is 9.95. The summed E-state index contributed by atoms with van der Waals surface area (Å²) in [7, 11) is 0. The number of allylic oxidation sites excluding steroid dienone is 1. The monoisotopic (exact) mass is 586 g/mol. The van der Waals surface area contributed by atoms with Crippen LogP contribution in [0, 0.1) is 0 Å². The number of esters is 1. The van der Waals surface area contributed by atoms with Gasteiger partial charge in [0.2, 0.25) is 11.1 Å². The van der Waals surface area contributed by atoms with E-state index in [1.54, 1.807) is 4.68 Å². The summed E-state index contributed by atoms with van der Waals surface area (Å²) in [5, 5.41) is 8.59. The van der Waals surface area contributed by atoms with Crippen molar-refractivity contribution in [2.45, 2.75) is 58.5 Å². The van der Waals surface area contributed by atoms with Crippen molar-refractivity contribution in [3.05, 3.63) is 69.3 Å². The number of anilines is 1. The number of fused-ring (bicyclic) bond motifs is 1. The number of nitrogens with zero attached hydrogens (tertiary/aromatic N) is 3. The molecule has 0 bridgehead atoms. The van der Waals surface area contributed by atoms with Gasteiger partial charge in [0, 0.05) is 5.70 Å². The first-order chi connectivity index (χ1) is 17.8. The first kappa shape index (κ1) is 27.1. The first-order valence-electron chi connectivity index (χ1n) is 12.2. The highest BCUT2D eigenvalue weighted by Gasteiger charge is 2.36. The van der Waals surface area contributed by atoms with Crippen molar-refractivity contribution in [3.8, 4) is 11.5 Å². The number of thioether (sulfide) groups is 1. The van der Waals surface area contributed by atoms with E-state index in [4.69, 9.17) is 19.3 Å². The number of carbonyl (C=O) groups excluding carboxylic acids is 1. The summed E-state index contributed by atoms with van der Waals surface area (Å²) in [6.07, 6.45) is -0.267. The van der Waals surface area contributed by atoms with E-state index in [9.17, 15) is 4.79 Å². The van der Waals surface area contributed by atoms with Gasteiger partial charge in [-0.1, -0.05) is 49.0 Å². The van der Waals surface area contributed by atoms with Crippen LogP contribution in [-0.4, -0.2) is 39.2 Å². The van der Waals surface area contributed by atoms with Gasteiger partial charge in [0.05, 0.1) is 22.8 Å². The zero-order valence-corrected chi connectivity index (χ0v) is 24.0. The zero-order valence-electron chi connectivity index (χ0n) is 21.6. The van der Waals surface area contributed by atoms with E-state index in [-0.39, 0.29) is 6.10 Å². The molecule has 4 rings (SSSR count). The molecule has 0 amide bonds. The van der Waals surface area contributed by atoms with Crippen molar-refractivity contribution < 1.29 is 19.0 Å². The normalized spacial score (nSPS) is 14.8. The van der Waals surface area contributed by atoms with Gasteiger partial charge in [-0.15, -0.1) is 5.10 Å². The SMILES string of the molecule is CCOc1cc(C2C(C(=O)OC(C)C)=C(C)Nc3nc(SCC)nn32)cc(Br)c1OCc1ccccc1. The summed E-state index contributed by atoms with van der Waals surface area (Å²) < 4.78 is 20.3. The maximum Gasteiger partial charge on any atom is 0.338 e. The largest absolute Gasteiger partial charge is 0.490 e. The van der Waals surface area contributed by atoms with Crippen molar-refractivity contribution in [1.82, 2.24) is 14.8 Å². The van der Waals surface area contributed by atoms with Crippen LogP contribution < -0.4 is 14.8 Å². The molecule has 0 aliphatic carbocycles. The van der Waals surface area contributed by atoms with Gasteiger partial charge >= 0.3 is 5.97 Å². The van der Waals surface area contributed by atoms with Crippen LogP contribution in [-0.2, 0) is 16.1 Å². The Labute approximate surface area is 229 Å². The molecular formula is C27H31BrN4O4S. The summed E-state index contributed by atoms with van der Waals surface area (Å²) in [4.78, 5) is 17.9. The smallest absolute Gasteiger partial charge is 0.338 e. The number of hydrogen-bond donors (Lipinski definition) is 1. The van der Waals surface area contributed by atoms with Crippen molar-refractivity contribution in [2.24, 2.45) is 0 Å². The van der Waals surface area contributed by atoms with E-state index >= 15 is 0 Å². The van der Waals surface area contributed by atoms with Gasteiger partial charge in [0.25, 0.3) is 0 Å². The van der Waals surface area contributed by atoms with Crippen LogP contribution in [0.1, 0.15) is 51.8 Å². The number of aromatic nitrogens is 3.